The van der Waals surface area contributed by atoms with Gasteiger partial charge in [-0.1, -0.05) is 0 Å². The van der Waals surface area contributed by atoms with E-state index in [4.69, 9.17) is 0 Å². The van der Waals surface area contributed by atoms with Crippen LogP contribution in [0, 0.1) is 0 Å². The Balaban J connectivity index is 2.52. The molecule has 0 aliphatic carbocycles. The molecule has 0 aromatic rings. The minimum atomic E-state index is -0.491. The Kier molecular flexibility index (Phi) is 0.395. The fourth-order valence-electron chi connectivity index (χ4n) is 0.146. The van der Waals surface area contributed by atoms with Crippen molar-refractivity contribution in [3.05, 3.63) is 12.0 Å². The summed E-state index contributed by atoms with van der Waals surface area (Å²) in [6.45, 7) is 0. The van der Waals surface area contributed by atoms with Gasteiger partial charge in [0, 0.05) is 0 Å². The van der Waals surface area contributed by atoms with Crippen LogP contribution in [0.1, 0.15) is 0 Å². The first-order valence-corrected chi connectivity index (χ1v) is 1.47. The highest BCUT2D eigenvalue weighted by molar-refractivity contribution is 5.92. The van der Waals surface area contributed by atoms with Crippen LogP contribution in [-0.2, 0) is 9.53 Å². The predicted octanol–water partition coefficient (Wildman–Crippen LogP) is -0.657. The minimum Gasteiger partial charge on any atom is -0.452 e. The lowest BCUT2D eigenvalue weighted by Gasteiger charge is -1.70. The molecule has 1 amide bonds. The summed E-state index contributed by atoms with van der Waals surface area (Å²) in [6, 6.07) is 0. The van der Waals surface area contributed by atoms with Crippen molar-refractivity contribution in [3.8, 4) is 0 Å². The van der Waals surface area contributed by atoms with Gasteiger partial charge in [-0.3, -0.25) is 4.79 Å². The van der Waals surface area contributed by atoms with Crippen LogP contribution in [-0.4, -0.2) is 5.91 Å². The molecule has 32 valence electrons. The van der Waals surface area contributed by atoms with Crippen molar-refractivity contribution < 1.29 is 9.53 Å². The number of rotatable bonds is 1. The third kappa shape index (κ3) is 0.337. The molecule has 0 saturated heterocycles. The first kappa shape index (κ1) is 3.21. The molecular weight excluding hydrogens is 82.0 g/mol. The summed E-state index contributed by atoms with van der Waals surface area (Å²) >= 11 is 0. The van der Waals surface area contributed by atoms with Gasteiger partial charge in [-0.15, -0.1) is 0 Å². The molecule has 0 saturated carbocycles. The zero-order chi connectivity index (χ0) is 4.57. The van der Waals surface area contributed by atoms with Crippen LogP contribution in [0.15, 0.2) is 12.0 Å². The predicted molar refractivity (Wildman–Crippen MR) is 18.4 cm³/mol. The highest BCUT2D eigenvalue weighted by Crippen LogP contribution is 2.09. The second-order valence-electron chi connectivity index (χ2n) is 0.964. The highest BCUT2D eigenvalue weighted by Gasteiger charge is 2.15. The van der Waals surface area contributed by atoms with E-state index in [9.17, 15) is 4.79 Å². The maximum absolute atomic E-state index is 9.79. The van der Waals surface area contributed by atoms with Crippen LogP contribution in [0.2, 0.25) is 0 Å². The number of hydrogen-bond donors (Lipinski definition) is 1. The first-order valence-electron chi connectivity index (χ1n) is 1.47. The SMILES string of the molecule is NC(=O)C1=CO1. The second kappa shape index (κ2) is 0.739. The Morgan fingerprint density at radius 2 is 2.50 bits per heavy atom. The number of carbonyl (C=O) groups excluding carboxylic acids is 1. The fourth-order valence-corrected chi connectivity index (χ4v) is 0.146. The Labute approximate surface area is 34.4 Å². The average Bonchev–Trinajstić information content (AvgIpc) is 2.06. The molecule has 0 atom stereocenters. The second-order valence-corrected chi connectivity index (χ2v) is 0.964. The van der Waals surface area contributed by atoms with Crippen molar-refractivity contribution in [3.63, 3.8) is 0 Å². The summed E-state index contributed by atoms with van der Waals surface area (Å²) < 4.78 is 4.29. The van der Waals surface area contributed by atoms with Gasteiger partial charge in [-0.2, -0.15) is 0 Å². The quantitative estimate of drug-likeness (QED) is 0.459. The number of primary amides is 1. The molecule has 0 spiro atoms. The zero-order valence-corrected chi connectivity index (χ0v) is 2.97. The van der Waals surface area contributed by atoms with E-state index in [2.05, 4.69) is 10.5 Å². The monoisotopic (exact) mass is 85.0 g/mol. The number of amides is 1. The summed E-state index contributed by atoms with van der Waals surface area (Å²) in [6.07, 6.45) is 1.31. The standard InChI is InChI=1S/C3H3NO2/c4-3(5)2-1-6-2/h1H,(H2,4,5). The van der Waals surface area contributed by atoms with E-state index in [1.165, 1.54) is 6.26 Å². The van der Waals surface area contributed by atoms with Crippen molar-refractivity contribution in [2.24, 2.45) is 5.73 Å². The summed E-state index contributed by atoms with van der Waals surface area (Å²) in [5.41, 5.74) is 4.67. The van der Waals surface area contributed by atoms with Crippen molar-refractivity contribution in [1.29, 1.82) is 0 Å². The number of carbonyl (C=O) groups is 1. The van der Waals surface area contributed by atoms with E-state index in [1.54, 1.807) is 0 Å². The summed E-state index contributed by atoms with van der Waals surface area (Å²) in [7, 11) is 0. The molecule has 3 nitrogen and oxygen atoms in total. The molecule has 0 aromatic heterocycles. The van der Waals surface area contributed by atoms with Crippen LogP contribution >= 0.6 is 0 Å². The van der Waals surface area contributed by atoms with Crippen molar-refractivity contribution >= 4 is 5.91 Å². The van der Waals surface area contributed by atoms with Crippen LogP contribution in [0.5, 0.6) is 0 Å². The van der Waals surface area contributed by atoms with Crippen molar-refractivity contribution in [1.82, 2.24) is 0 Å². The molecule has 1 aliphatic rings. The molecule has 0 bridgehead atoms. The van der Waals surface area contributed by atoms with Crippen LogP contribution in [0.25, 0.3) is 0 Å². The van der Waals surface area contributed by atoms with Gasteiger partial charge in [0.05, 0.1) is 0 Å². The number of hydrogen-bond acceptors (Lipinski definition) is 2. The maximum atomic E-state index is 9.79. The Hall–Kier alpha value is -0.990. The Bertz CT molecular complexity index is 116. The Morgan fingerprint density at radius 1 is 2.00 bits per heavy atom. The molecule has 6 heavy (non-hydrogen) atoms. The van der Waals surface area contributed by atoms with Gasteiger partial charge in [0.15, 0.2) is 0 Å². The lowest BCUT2D eigenvalue weighted by atomic mass is 10.6. The third-order valence-electron chi connectivity index (χ3n) is 0.479. The molecule has 2 N–H and O–H groups in total. The lowest BCUT2D eigenvalue weighted by Crippen LogP contribution is -2.07. The Morgan fingerprint density at radius 3 is 2.50 bits per heavy atom. The minimum absolute atomic E-state index is 0.273. The van der Waals surface area contributed by atoms with Gasteiger partial charge >= 0.3 is 0 Å². The third-order valence-corrected chi connectivity index (χ3v) is 0.479. The normalized spacial score (nSPS) is 15.0. The van der Waals surface area contributed by atoms with Gasteiger partial charge in [-0.25, -0.2) is 0 Å². The fraction of sp³-hybridized carbons (Fsp3) is 0. The summed E-state index contributed by atoms with van der Waals surface area (Å²) in [5, 5.41) is 0. The first-order chi connectivity index (χ1) is 2.80. The van der Waals surface area contributed by atoms with Crippen molar-refractivity contribution in [2.75, 3.05) is 0 Å². The number of nitrogens with two attached hydrogens (primary N) is 1. The van der Waals surface area contributed by atoms with Gasteiger partial charge < -0.3 is 10.5 Å². The number of ether oxygens (including phenoxy) is 1. The maximum Gasteiger partial charge on any atom is 0.287 e. The summed E-state index contributed by atoms with van der Waals surface area (Å²) in [4.78, 5) is 9.79. The molecule has 0 fully saturated rings. The molecular formula is C3H3NO2. The van der Waals surface area contributed by atoms with Gasteiger partial charge in [-0.05, 0) is 0 Å². The summed E-state index contributed by atoms with van der Waals surface area (Å²) in [5.74, 6) is -0.218. The van der Waals surface area contributed by atoms with E-state index in [1.807, 2.05) is 0 Å². The van der Waals surface area contributed by atoms with E-state index >= 15 is 0 Å². The van der Waals surface area contributed by atoms with E-state index < -0.39 is 5.91 Å². The van der Waals surface area contributed by atoms with Gasteiger partial charge in [0.2, 0.25) is 5.76 Å². The molecule has 1 heterocycles. The highest BCUT2D eigenvalue weighted by atomic mass is 16.5. The molecule has 0 aromatic carbocycles. The van der Waals surface area contributed by atoms with Gasteiger partial charge in [0.25, 0.3) is 5.91 Å². The molecule has 0 unspecified atom stereocenters. The zero-order valence-electron chi connectivity index (χ0n) is 2.97. The smallest absolute Gasteiger partial charge is 0.287 e. The largest absolute Gasteiger partial charge is 0.452 e. The average molecular weight is 85.1 g/mol. The van der Waals surface area contributed by atoms with Crippen LogP contribution in [0.4, 0.5) is 0 Å². The van der Waals surface area contributed by atoms with Crippen LogP contribution in [0.3, 0.4) is 0 Å². The van der Waals surface area contributed by atoms with E-state index in [0.29, 0.717) is 0 Å². The molecule has 1 rings (SSSR count). The lowest BCUT2D eigenvalue weighted by molar-refractivity contribution is -0.115. The molecule has 3 heteroatoms. The topological polar surface area (TPSA) is 55.6 Å². The molecule has 0 radical (unpaired) electrons. The van der Waals surface area contributed by atoms with E-state index in [-0.39, 0.29) is 5.76 Å². The van der Waals surface area contributed by atoms with Gasteiger partial charge in [0.1, 0.15) is 6.26 Å². The molecule has 1 aliphatic heterocycles. The van der Waals surface area contributed by atoms with Crippen molar-refractivity contribution in [2.45, 2.75) is 0 Å². The van der Waals surface area contributed by atoms with Crippen LogP contribution < -0.4 is 5.73 Å². The van der Waals surface area contributed by atoms with E-state index in [0.717, 1.165) is 0 Å².